The van der Waals surface area contributed by atoms with Crippen LogP contribution in [0.2, 0.25) is 0 Å². The molecule has 1 aromatic carbocycles. The largest absolute Gasteiger partial charge is 0.496 e. The average molecular weight is 412 g/mol. The van der Waals surface area contributed by atoms with Gasteiger partial charge in [0.05, 0.1) is 17.3 Å². The van der Waals surface area contributed by atoms with Gasteiger partial charge in [0.25, 0.3) is 0 Å². The van der Waals surface area contributed by atoms with Gasteiger partial charge in [-0.25, -0.2) is 4.98 Å². The van der Waals surface area contributed by atoms with E-state index in [1.54, 1.807) is 18.4 Å². The SMILES string of the molecule is COc1ccccc1CNc1nc(NCCCN2CCCC2=O)c2sccc2n1. The first-order valence-electron chi connectivity index (χ1n) is 9.87. The smallest absolute Gasteiger partial charge is 0.225 e. The highest BCUT2D eigenvalue weighted by Crippen LogP contribution is 2.28. The molecule has 2 aromatic heterocycles. The normalized spacial score (nSPS) is 13.8. The molecule has 0 aliphatic carbocycles. The maximum Gasteiger partial charge on any atom is 0.225 e. The molecular formula is C21H25N5O2S. The first-order valence-corrected chi connectivity index (χ1v) is 10.8. The molecule has 0 spiro atoms. The lowest BCUT2D eigenvalue weighted by Gasteiger charge is -2.16. The summed E-state index contributed by atoms with van der Waals surface area (Å²) in [6.45, 7) is 3.03. The number of ether oxygens (including phenoxy) is 1. The standard InChI is InChI=1S/C21H25N5O2S/c1-28-17-7-3-2-6-15(17)14-23-21-24-16-9-13-29-19(16)20(25-21)22-10-5-12-26-11-4-8-18(26)27/h2-3,6-7,9,13H,4-5,8,10-12,14H2,1H3,(H2,22,23,24,25). The molecule has 2 N–H and O–H groups in total. The molecule has 152 valence electrons. The third-order valence-corrected chi connectivity index (χ3v) is 5.91. The molecule has 0 saturated carbocycles. The van der Waals surface area contributed by atoms with Crippen LogP contribution in [0.25, 0.3) is 10.2 Å². The highest BCUT2D eigenvalue weighted by Gasteiger charge is 2.19. The van der Waals surface area contributed by atoms with Crippen LogP contribution < -0.4 is 15.4 Å². The maximum atomic E-state index is 11.7. The minimum absolute atomic E-state index is 0.274. The maximum absolute atomic E-state index is 11.7. The van der Waals surface area contributed by atoms with Gasteiger partial charge in [0.1, 0.15) is 11.6 Å². The molecule has 1 aliphatic rings. The van der Waals surface area contributed by atoms with Crippen LogP contribution in [-0.4, -0.2) is 47.5 Å². The summed E-state index contributed by atoms with van der Waals surface area (Å²) in [5, 5.41) is 8.76. The number of amides is 1. The molecular weight excluding hydrogens is 386 g/mol. The Morgan fingerprint density at radius 3 is 2.93 bits per heavy atom. The highest BCUT2D eigenvalue weighted by molar-refractivity contribution is 7.17. The van der Waals surface area contributed by atoms with E-state index in [4.69, 9.17) is 4.74 Å². The van der Waals surface area contributed by atoms with E-state index in [2.05, 4.69) is 20.6 Å². The number of thiophene rings is 1. The van der Waals surface area contributed by atoms with Crippen molar-refractivity contribution in [1.29, 1.82) is 0 Å². The number of aromatic nitrogens is 2. The number of nitrogens with one attached hydrogen (secondary N) is 2. The number of nitrogens with zero attached hydrogens (tertiary/aromatic N) is 3. The van der Waals surface area contributed by atoms with Crippen LogP contribution in [0.1, 0.15) is 24.8 Å². The number of anilines is 2. The number of hydrogen-bond donors (Lipinski definition) is 2. The van der Waals surface area contributed by atoms with Crippen LogP contribution in [0, 0.1) is 0 Å². The second kappa shape index (κ2) is 9.09. The molecule has 1 aliphatic heterocycles. The van der Waals surface area contributed by atoms with Crippen molar-refractivity contribution < 1.29 is 9.53 Å². The van der Waals surface area contributed by atoms with E-state index in [1.165, 1.54) is 0 Å². The number of fused-ring (bicyclic) bond motifs is 1. The summed E-state index contributed by atoms with van der Waals surface area (Å²) in [5.74, 6) is 2.53. The molecule has 1 fully saturated rings. The van der Waals surface area contributed by atoms with Gasteiger partial charge in [-0.1, -0.05) is 18.2 Å². The summed E-state index contributed by atoms with van der Waals surface area (Å²) in [7, 11) is 1.67. The van der Waals surface area contributed by atoms with E-state index in [0.717, 1.165) is 59.8 Å². The van der Waals surface area contributed by atoms with Crippen LogP contribution in [0.15, 0.2) is 35.7 Å². The van der Waals surface area contributed by atoms with Gasteiger partial charge in [-0.05, 0) is 30.4 Å². The topological polar surface area (TPSA) is 79.4 Å². The molecule has 0 unspecified atom stereocenters. The van der Waals surface area contributed by atoms with Crippen molar-refractivity contribution in [3.63, 3.8) is 0 Å². The molecule has 1 amide bonds. The van der Waals surface area contributed by atoms with E-state index >= 15 is 0 Å². The number of para-hydroxylation sites is 1. The van der Waals surface area contributed by atoms with E-state index in [9.17, 15) is 4.79 Å². The lowest BCUT2D eigenvalue weighted by molar-refractivity contribution is -0.127. The monoisotopic (exact) mass is 411 g/mol. The fourth-order valence-corrected chi connectivity index (χ4v) is 4.30. The molecule has 4 rings (SSSR count). The van der Waals surface area contributed by atoms with E-state index in [-0.39, 0.29) is 5.91 Å². The minimum Gasteiger partial charge on any atom is -0.496 e. The van der Waals surface area contributed by atoms with Gasteiger partial charge in [0.2, 0.25) is 11.9 Å². The summed E-state index contributed by atoms with van der Waals surface area (Å²) in [6, 6.07) is 9.91. The Kier molecular flexibility index (Phi) is 6.09. The molecule has 3 aromatic rings. The Morgan fingerprint density at radius 2 is 2.10 bits per heavy atom. The van der Waals surface area contributed by atoms with Crippen LogP contribution in [-0.2, 0) is 11.3 Å². The number of benzene rings is 1. The fourth-order valence-electron chi connectivity index (χ4n) is 3.50. The van der Waals surface area contributed by atoms with Gasteiger partial charge < -0.3 is 20.3 Å². The number of carbonyl (C=O) groups excluding carboxylic acids is 1. The number of likely N-dealkylation sites (tertiary alicyclic amines) is 1. The number of hydrogen-bond acceptors (Lipinski definition) is 7. The fraction of sp³-hybridized carbons (Fsp3) is 0.381. The Bertz CT molecular complexity index is 990. The lowest BCUT2D eigenvalue weighted by Crippen LogP contribution is -2.27. The lowest BCUT2D eigenvalue weighted by atomic mass is 10.2. The minimum atomic E-state index is 0.274. The third-order valence-electron chi connectivity index (χ3n) is 5.00. The van der Waals surface area contributed by atoms with Crippen molar-refractivity contribution in [2.45, 2.75) is 25.8 Å². The predicted octanol–water partition coefficient (Wildman–Crippen LogP) is 3.74. The first kappa shape index (κ1) is 19.4. The zero-order valence-corrected chi connectivity index (χ0v) is 17.3. The summed E-state index contributed by atoms with van der Waals surface area (Å²) >= 11 is 1.63. The molecule has 0 radical (unpaired) electrons. The van der Waals surface area contributed by atoms with Gasteiger partial charge in [-0.15, -0.1) is 11.3 Å². The Balaban J connectivity index is 1.40. The van der Waals surface area contributed by atoms with Crippen LogP contribution in [0.3, 0.4) is 0 Å². The summed E-state index contributed by atoms with van der Waals surface area (Å²) in [4.78, 5) is 23.0. The Morgan fingerprint density at radius 1 is 1.21 bits per heavy atom. The van der Waals surface area contributed by atoms with Gasteiger partial charge in [0.15, 0.2) is 0 Å². The van der Waals surface area contributed by atoms with Gasteiger partial charge in [-0.3, -0.25) is 4.79 Å². The van der Waals surface area contributed by atoms with Gasteiger partial charge in [0, 0.05) is 38.2 Å². The molecule has 1 saturated heterocycles. The van der Waals surface area contributed by atoms with Gasteiger partial charge in [-0.2, -0.15) is 4.98 Å². The van der Waals surface area contributed by atoms with E-state index in [1.807, 2.05) is 40.6 Å². The van der Waals surface area contributed by atoms with E-state index in [0.29, 0.717) is 18.9 Å². The Hall–Kier alpha value is -2.87. The average Bonchev–Trinajstić information content (AvgIpc) is 3.38. The molecule has 0 atom stereocenters. The number of carbonyl (C=O) groups is 1. The molecule has 3 heterocycles. The second-order valence-electron chi connectivity index (χ2n) is 6.96. The van der Waals surface area contributed by atoms with Crippen molar-refractivity contribution in [2.75, 3.05) is 37.4 Å². The van der Waals surface area contributed by atoms with Crippen molar-refractivity contribution in [2.24, 2.45) is 0 Å². The second-order valence-corrected chi connectivity index (χ2v) is 7.88. The van der Waals surface area contributed by atoms with E-state index < -0.39 is 0 Å². The van der Waals surface area contributed by atoms with Crippen molar-refractivity contribution in [3.8, 4) is 5.75 Å². The molecule has 7 nitrogen and oxygen atoms in total. The quantitative estimate of drug-likeness (QED) is 0.522. The highest BCUT2D eigenvalue weighted by atomic mass is 32.1. The zero-order valence-electron chi connectivity index (χ0n) is 16.5. The molecule has 0 bridgehead atoms. The summed E-state index contributed by atoms with van der Waals surface area (Å²) in [5.41, 5.74) is 1.97. The Labute approximate surface area is 174 Å². The van der Waals surface area contributed by atoms with Crippen molar-refractivity contribution in [3.05, 3.63) is 41.3 Å². The molecule has 29 heavy (non-hydrogen) atoms. The van der Waals surface area contributed by atoms with Gasteiger partial charge >= 0.3 is 0 Å². The van der Waals surface area contributed by atoms with Crippen molar-refractivity contribution >= 4 is 39.2 Å². The third kappa shape index (κ3) is 4.59. The predicted molar refractivity (Wildman–Crippen MR) is 117 cm³/mol. The van der Waals surface area contributed by atoms with Crippen LogP contribution in [0.5, 0.6) is 5.75 Å². The summed E-state index contributed by atoms with van der Waals surface area (Å²) < 4.78 is 6.46. The zero-order chi connectivity index (χ0) is 20.1. The van der Waals surface area contributed by atoms with Crippen LogP contribution >= 0.6 is 11.3 Å². The number of rotatable bonds is 9. The number of methoxy groups -OCH3 is 1. The van der Waals surface area contributed by atoms with Crippen LogP contribution in [0.4, 0.5) is 11.8 Å². The molecule has 8 heteroatoms. The van der Waals surface area contributed by atoms with Crippen molar-refractivity contribution in [1.82, 2.24) is 14.9 Å². The summed E-state index contributed by atoms with van der Waals surface area (Å²) in [6.07, 6.45) is 2.57. The first-order chi connectivity index (χ1) is 14.2.